The number of nitrogens with zero attached hydrogens (tertiary/aromatic N) is 6. The molecule has 0 aliphatic rings. The fraction of sp³-hybridized carbons (Fsp3) is 0.0909. The van der Waals surface area contributed by atoms with E-state index >= 15 is 0 Å². The number of rotatable bonds is 4. The first kappa shape index (κ1) is 13.4. The predicted octanol–water partition coefficient (Wildman–Crippen LogP) is -0.445. The van der Waals surface area contributed by atoms with Gasteiger partial charge < -0.3 is 0 Å². The Labute approximate surface area is 120 Å². The first-order chi connectivity index (χ1) is 10.1. The molecule has 0 saturated heterocycles. The summed E-state index contributed by atoms with van der Waals surface area (Å²) in [5.74, 6) is 0.385. The van der Waals surface area contributed by atoms with Crippen LogP contribution in [0.15, 0.2) is 48.1 Å². The second kappa shape index (κ2) is 5.07. The molecule has 0 radical (unpaired) electrons. The van der Waals surface area contributed by atoms with Gasteiger partial charge in [0.05, 0.1) is 0 Å². The van der Waals surface area contributed by atoms with Gasteiger partial charge in [0.25, 0.3) is 15.2 Å². The number of primary sulfonamides is 1. The van der Waals surface area contributed by atoms with Crippen LogP contribution in [-0.2, 0) is 16.6 Å². The molecule has 9 nitrogen and oxygen atoms in total. The van der Waals surface area contributed by atoms with E-state index in [1.807, 2.05) is 6.07 Å². The largest absolute Gasteiger partial charge is 0.274 e. The van der Waals surface area contributed by atoms with Crippen LogP contribution in [0.4, 0.5) is 0 Å². The van der Waals surface area contributed by atoms with Gasteiger partial charge in [-0.1, -0.05) is 18.2 Å². The van der Waals surface area contributed by atoms with Gasteiger partial charge in [0.15, 0.2) is 5.82 Å². The normalized spacial score (nSPS) is 11.7. The Morgan fingerprint density at radius 2 is 1.90 bits per heavy atom. The molecular weight excluding hydrogens is 294 g/mol. The Morgan fingerprint density at radius 3 is 2.52 bits per heavy atom. The molecule has 0 atom stereocenters. The highest BCUT2D eigenvalue weighted by molar-refractivity contribution is 7.89. The van der Waals surface area contributed by atoms with Crippen LogP contribution in [0.25, 0.3) is 5.69 Å². The highest BCUT2D eigenvalue weighted by Gasteiger charge is 2.22. The zero-order valence-electron chi connectivity index (χ0n) is 10.7. The summed E-state index contributed by atoms with van der Waals surface area (Å²) < 4.78 is 26.2. The molecule has 10 heteroatoms. The maximum Gasteiger partial charge on any atom is 0.274 e. The summed E-state index contributed by atoms with van der Waals surface area (Å²) in [6.45, 7) is 0.220. The molecule has 3 rings (SSSR count). The Morgan fingerprint density at radius 1 is 1.14 bits per heavy atom. The van der Waals surface area contributed by atoms with Crippen LogP contribution < -0.4 is 5.14 Å². The van der Waals surface area contributed by atoms with Crippen molar-refractivity contribution in [2.45, 2.75) is 11.7 Å². The third-order valence-corrected chi connectivity index (χ3v) is 3.51. The number of hydrogen-bond acceptors (Lipinski definition) is 6. The average molecular weight is 305 g/mol. The van der Waals surface area contributed by atoms with E-state index in [0.29, 0.717) is 11.5 Å². The van der Waals surface area contributed by atoms with Crippen molar-refractivity contribution in [2.24, 2.45) is 5.14 Å². The number of benzene rings is 1. The Hall–Kier alpha value is -2.59. The molecule has 3 aromatic rings. The molecule has 0 saturated carbocycles. The maximum atomic E-state index is 11.7. The van der Waals surface area contributed by atoms with Gasteiger partial charge in [-0.15, -0.1) is 10.2 Å². The first-order valence-electron chi connectivity index (χ1n) is 5.90. The number of nitrogens with two attached hydrogens (primary N) is 1. The molecule has 108 valence electrons. The summed E-state index contributed by atoms with van der Waals surface area (Å²) in [5.41, 5.74) is 0.599. The molecule has 0 aliphatic carbocycles. The van der Waals surface area contributed by atoms with E-state index in [1.54, 1.807) is 24.3 Å². The summed E-state index contributed by atoms with van der Waals surface area (Å²) in [5, 5.41) is 16.4. The van der Waals surface area contributed by atoms with Crippen molar-refractivity contribution in [3.05, 3.63) is 48.8 Å². The molecule has 2 aromatic heterocycles. The van der Waals surface area contributed by atoms with Gasteiger partial charge >= 0.3 is 0 Å². The Bertz CT molecular complexity index is 840. The minimum Gasteiger partial charge on any atom is -0.267 e. The fourth-order valence-corrected chi connectivity index (χ4v) is 2.50. The summed E-state index contributed by atoms with van der Waals surface area (Å²) in [4.78, 5) is 3.83. The van der Waals surface area contributed by atoms with Crippen LogP contribution in [0.1, 0.15) is 5.82 Å². The van der Waals surface area contributed by atoms with E-state index in [-0.39, 0.29) is 11.7 Å². The predicted molar refractivity (Wildman–Crippen MR) is 71.9 cm³/mol. The molecule has 0 aliphatic heterocycles. The summed E-state index contributed by atoms with van der Waals surface area (Å²) in [6.07, 6.45) is 2.88. The van der Waals surface area contributed by atoms with Crippen molar-refractivity contribution in [3.8, 4) is 5.69 Å². The monoisotopic (exact) mass is 305 g/mol. The van der Waals surface area contributed by atoms with Crippen LogP contribution in [0.5, 0.6) is 0 Å². The van der Waals surface area contributed by atoms with Crippen molar-refractivity contribution >= 4 is 10.0 Å². The fourth-order valence-electron chi connectivity index (χ4n) is 1.88. The zero-order valence-corrected chi connectivity index (χ0v) is 11.6. The molecule has 0 bridgehead atoms. The van der Waals surface area contributed by atoms with Crippen molar-refractivity contribution in [2.75, 3.05) is 0 Å². The lowest BCUT2D eigenvalue weighted by molar-refractivity contribution is 0.582. The van der Waals surface area contributed by atoms with Gasteiger partial charge in [0.2, 0.25) is 0 Å². The lowest BCUT2D eigenvalue weighted by Gasteiger charge is -2.09. The molecule has 1 aromatic carbocycles. The Kier molecular flexibility index (Phi) is 3.23. The summed E-state index contributed by atoms with van der Waals surface area (Å²) in [7, 11) is -4.00. The van der Waals surface area contributed by atoms with Crippen LogP contribution in [0, 0.1) is 0 Å². The van der Waals surface area contributed by atoms with Gasteiger partial charge in [0.1, 0.15) is 19.2 Å². The van der Waals surface area contributed by atoms with Crippen molar-refractivity contribution in [3.63, 3.8) is 0 Å². The number of para-hydroxylation sites is 1. The molecule has 2 N–H and O–H groups in total. The highest BCUT2D eigenvalue weighted by atomic mass is 32.2. The summed E-state index contributed by atoms with van der Waals surface area (Å²) in [6, 6.07) is 8.86. The van der Waals surface area contributed by atoms with E-state index in [1.165, 1.54) is 21.9 Å². The molecule has 0 amide bonds. The van der Waals surface area contributed by atoms with Crippen LogP contribution in [0.2, 0.25) is 0 Å². The molecule has 2 heterocycles. The highest BCUT2D eigenvalue weighted by Crippen LogP contribution is 2.16. The quantitative estimate of drug-likeness (QED) is 0.697. The van der Waals surface area contributed by atoms with Crippen molar-refractivity contribution in [1.82, 2.24) is 29.5 Å². The lowest BCUT2D eigenvalue weighted by Crippen LogP contribution is -2.19. The van der Waals surface area contributed by atoms with Crippen LogP contribution in [0.3, 0.4) is 0 Å². The third kappa shape index (κ3) is 2.66. The lowest BCUT2D eigenvalue weighted by atomic mass is 10.3. The standard InChI is InChI=1S/C11H11N7O2S/c12-21(19,20)11-16-15-10(6-17-8-13-7-14-17)18(11)9-4-2-1-3-5-9/h1-5,7-8H,6H2,(H2,12,19,20). The number of sulfonamides is 1. The van der Waals surface area contributed by atoms with E-state index in [4.69, 9.17) is 5.14 Å². The first-order valence-corrected chi connectivity index (χ1v) is 7.45. The Balaban J connectivity index is 2.15. The maximum absolute atomic E-state index is 11.7. The second-order valence-corrected chi connectivity index (χ2v) is 5.66. The topological polar surface area (TPSA) is 122 Å². The van der Waals surface area contributed by atoms with Gasteiger partial charge in [-0.2, -0.15) is 5.10 Å². The molecule has 21 heavy (non-hydrogen) atoms. The number of hydrogen-bond donors (Lipinski definition) is 1. The van der Waals surface area contributed by atoms with E-state index in [2.05, 4.69) is 20.3 Å². The van der Waals surface area contributed by atoms with Crippen molar-refractivity contribution in [1.29, 1.82) is 0 Å². The van der Waals surface area contributed by atoms with E-state index < -0.39 is 10.0 Å². The molecule has 0 spiro atoms. The SMILES string of the molecule is NS(=O)(=O)c1nnc(Cn2cncn2)n1-c1ccccc1. The smallest absolute Gasteiger partial charge is 0.267 e. The summed E-state index contributed by atoms with van der Waals surface area (Å²) >= 11 is 0. The number of aromatic nitrogens is 6. The van der Waals surface area contributed by atoms with Gasteiger partial charge in [0, 0.05) is 5.69 Å². The zero-order chi connectivity index (χ0) is 14.9. The average Bonchev–Trinajstić information content (AvgIpc) is 3.09. The van der Waals surface area contributed by atoms with Crippen molar-refractivity contribution < 1.29 is 8.42 Å². The minimum absolute atomic E-state index is 0.220. The minimum atomic E-state index is -4.00. The van der Waals surface area contributed by atoms with Crippen LogP contribution >= 0.6 is 0 Å². The second-order valence-electron chi connectivity index (χ2n) is 4.21. The molecule has 0 unspecified atom stereocenters. The van der Waals surface area contributed by atoms with Gasteiger partial charge in [-0.3, -0.25) is 4.57 Å². The van der Waals surface area contributed by atoms with Gasteiger partial charge in [-0.05, 0) is 12.1 Å². The van der Waals surface area contributed by atoms with Crippen LogP contribution in [-0.4, -0.2) is 37.9 Å². The van der Waals surface area contributed by atoms with E-state index in [9.17, 15) is 8.42 Å². The third-order valence-electron chi connectivity index (χ3n) is 2.74. The van der Waals surface area contributed by atoms with Gasteiger partial charge in [-0.25, -0.2) is 23.2 Å². The molecule has 0 fully saturated rings. The van der Waals surface area contributed by atoms with E-state index in [0.717, 1.165) is 0 Å². The molecular formula is C11H11N7O2S.